The highest BCUT2D eigenvalue weighted by atomic mass is 35.5. The van der Waals surface area contributed by atoms with Gasteiger partial charge in [0, 0.05) is 36.8 Å². The molecule has 4 heteroatoms. The van der Waals surface area contributed by atoms with Crippen molar-refractivity contribution >= 4 is 23.2 Å². The van der Waals surface area contributed by atoms with E-state index in [0.717, 1.165) is 36.9 Å². The van der Waals surface area contributed by atoms with E-state index in [2.05, 4.69) is 5.32 Å². The summed E-state index contributed by atoms with van der Waals surface area (Å²) in [6, 6.07) is 7.96. The van der Waals surface area contributed by atoms with Gasteiger partial charge < -0.3 is 10.2 Å². The number of nitrogens with one attached hydrogen (secondary N) is 1. The Hall–Kier alpha value is -1.22. The Morgan fingerprint density at radius 3 is 2.58 bits per heavy atom. The molecule has 3 nitrogen and oxygen atoms in total. The molecular weight excluding hydrogens is 260 g/mol. The number of hydrogen-bond acceptors (Lipinski definition) is 2. The van der Waals surface area contributed by atoms with Crippen LogP contribution in [-0.2, 0) is 0 Å². The molecule has 2 rings (SSSR count). The Balaban J connectivity index is 1.98. The van der Waals surface area contributed by atoms with Gasteiger partial charge in [0.15, 0.2) is 0 Å². The monoisotopic (exact) mass is 280 g/mol. The lowest BCUT2D eigenvalue weighted by atomic mass is 9.95. The zero-order valence-electron chi connectivity index (χ0n) is 11.5. The van der Waals surface area contributed by atoms with Gasteiger partial charge in [-0.2, -0.15) is 0 Å². The van der Waals surface area contributed by atoms with E-state index >= 15 is 0 Å². The number of amides is 1. The second-order valence-electron chi connectivity index (χ2n) is 5.37. The average molecular weight is 281 g/mol. The quantitative estimate of drug-likeness (QED) is 0.863. The van der Waals surface area contributed by atoms with E-state index in [1.807, 2.05) is 43.3 Å². The van der Waals surface area contributed by atoms with Crippen LogP contribution in [0.3, 0.4) is 0 Å². The normalized spacial score (nSPS) is 22.9. The molecule has 1 amide bonds. The first-order valence-corrected chi connectivity index (χ1v) is 7.22. The van der Waals surface area contributed by atoms with Gasteiger partial charge in [0.1, 0.15) is 0 Å². The summed E-state index contributed by atoms with van der Waals surface area (Å²) in [7, 11) is 3.94. The molecule has 0 heterocycles. The SMILES string of the molecule is CN(C)c1cccc(C(=O)NC2CCC(Cl)CC2)c1. The third-order valence-corrected chi connectivity index (χ3v) is 4.05. The van der Waals surface area contributed by atoms with E-state index in [9.17, 15) is 4.79 Å². The fraction of sp³-hybridized carbons (Fsp3) is 0.533. The molecule has 0 atom stereocenters. The molecule has 0 aliphatic heterocycles. The molecule has 0 saturated heterocycles. The molecule has 19 heavy (non-hydrogen) atoms. The van der Waals surface area contributed by atoms with Gasteiger partial charge in [0.05, 0.1) is 0 Å². The molecule has 0 unspecified atom stereocenters. The number of rotatable bonds is 3. The van der Waals surface area contributed by atoms with Crippen molar-refractivity contribution in [1.29, 1.82) is 0 Å². The maximum Gasteiger partial charge on any atom is 0.251 e. The highest BCUT2D eigenvalue weighted by molar-refractivity contribution is 6.20. The third-order valence-electron chi connectivity index (χ3n) is 3.62. The van der Waals surface area contributed by atoms with Crippen molar-refractivity contribution in [3.63, 3.8) is 0 Å². The molecule has 0 aromatic heterocycles. The van der Waals surface area contributed by atoms with Crippen molar-refractivity contribution in [1.82, 2.24) is 5.32 Å². The molecule has 1 aromatic rings. The molecular formula is C15H21ClN2O. The Kier molecular flexibility index (Phi) is 4.70. The number of anilines is 1. The summed E-state index contributed by atoms with van der Waals surface area (Å²) in [6.07, 6.45) is 3.94. The van der Waals surface area contributed by atoms with Crippen molar-refractivity contribution in [2.45, 2.75) is 37.1 Å². The van der Waals surface area contributed by atoms with Crippen molar-refractivity contribution in [3.8, 4) is 0 Å². The third kappa shape index (κ3) is 3.87. The fourth-order valence-electron chi connectivity index (χ4n) is 2.39. The first kappa shape index (κ1) is 14.2. The minimum atomic E-state index is 0.0155. The van der Waals surface area contributed by atoms with Crippen molar-refractivity contribution in [3.05, 3.63) is 29.8 Å². The zero-order chi connectivity index (χ0) is 13.8. The zero-order valence-corrected chi connectivity index (χ0v) is 12.3. The standard InChI is InChI=1S/C15H21ClN2O/c1-18(2)14-5-3-4-11(10-14)15(19)17-13-8-6-12(16)7-9-13/h3-5,10,12-13H,6-9H2,1-2H3,(H,17,19). The summed E-state index contributed by atoms with van der Waals surface area (Å²) in [5.74, 6) is 0.0155. The number of benzene rings is 1. The van der Waals surface area contributed by atoms with E-state index in [-0.39, 0.29) is 17.3 Å². The molecule has 0 bridgehead atoms. The van der Waals surface area contributed by atoms with Gasteiger partial charge in [-0.3, -0.25) is 4.79 Å². The topological polar surface area (TPSA) is 32.3 Å². The average Bonchev–Trinajstić information content (AvgIpc) is 2.41. The van der Waals surface area contributed by atoms with Crippen LogP contribution in [0.1, 0.15) is 36.0 Å². The van der Waals surface area contributed by atoms with E-state index in [1.165, 1.54) is 0 Å². The molecule has 1 aliphatic rings. The Morgan fingerprint density at radius 1 is 1.26 bits per heavy atom. The van der Waals surface area contributed by atoms with E-state index < -0.39 is 0 Å². The van der Waals surface area contributed by atoms with Crippen LogP contribution in [0.15, 0.2) is 24.3 Å². The number of carbonyl (C=O) groups is 1. The minimum absolute atomic E-state index is 0.0155. The Bertz CT molecular complexity index is 440. The summed E-state index contributed by atoms with van der Waals surface area (Å²) in [4.78, 5) is 14.2. The molecule has 0 radical (unpaired) electrons. The van der Waals surface area contributed by atoms with Crippen molar-refractivity contribution in [2.75, 3.05) is 19.0 Å². The van der Waals surface area contributed by atoms with Gasteiger partial charge in [0.25, 0.3) is 5.91 Å². The van der Waals surface area contributed by atoms with Crippen LogP contribution in [0, 0.1) is 0 Å². The first-order valence-electron chi connectivity index (χ1n) is 6.78. The van der Waals surface area contributed by atoms with Crippen LogP contribution in [0.5, 0.6) is 0 Å². The summed E-state index contributed by atoms with van der Waals surface area (Å²) in [6.45, 7) is 0. The largest absolute Gasteiger partial charge is 0.378 e. The van der Waals surface area contributed by atoms with Gasteiger partial charge in [-0.1, -0.05) is 6.07 Å². The molecule has 1 N–H and O–H groups in total. The first-order chi connectivity index (χ1) is 9.06. The van der Waals surface area contributed by atoms with Crippen LogP contribution in [0.25, 0.3) is 0 Å². The maximum absolute atomic E-state index is 12.2. The molecule has 1 aromatic carbocycles. The summed E-state index contributed by atoms with van der Waals surface area (Å²) >= 11 is 6.07. The summed E-state index contributed by atoms with van der Waals surface area (Å²) in [5, 5.41) is 3.39. The van der Waals surface area contributed by atoms with E-state index in [0.29, 0.717) is 0 Å². The second-order valence-corrected chi connectivity index (χ2v) is 5.98. The Labute approximate surface area is 119 Å². The van der Waals surface area contributed by atoms with Gasteiger partial charge in [0.2, 0.25) is 0 Å². The number of nitrogens with zero attached hydrogens (tertiary/aromatic N) is 1. The Morgan fingerprint density at radius 2 is 1.95 bits per heavy atom. The predicted molar refractivity (Wildman–Crippen MR) is 80.1 cm³/mol. The van der Waals surface area contributed by atoms with Crippen LogP contribution in [0.4, 0.5) is 5.69 Å². The van der Waals surface area contributed by atoms with E-state index in [4.69, 9.17) is 11.6 Å². The molecule has 104 valence electrons. The predicted octanol–water partition coefficient (Wildman–Crippen LogP) is 3.03. The van der Waals surface area contributed by atoms with Gasteiger partial charge in [-0.15, -0.1) is 11.6 Å². The maximum atomic E-state index is 12.2. The van der Waals surface area contributed by atoms with Crippen LogP contribution >= 0.6 is 11.6 Å². The number of hydrogen-bond donors (Lipinski definition) is 1. The highest BCUT2D eigenvalue weighted by Gasteiger charge is 2.21. The molecule has 1 aliphatic carbocycles. The van der Waals surface area contributed by atoms with Crippen LogP contribution < -0.4 is 10.2 Å². The molecule has 1 saturated carbocycles. The van der Waals surface area contributed by atoms with Crippen molar-refractivity contribution < 1.29 is 4.79 Å². The number of alkyl halides is 1. The molecule has 0 spiro atoms. The lowest BCUT2D eigenvalue weighted by Crippen LogP contribution is -2.37. The summed E-state index contributed by atoms with van der Waals surface area (Å²) in [5.41, 5.74) is 1.76. The number of carbonyl (C=O) groups excluding carboxylic acids is 1. The van der Waals surface area contributed by atoms with Crippen molar-refractivity contribution in [2.24, 2.45) is 0 Å². The van der Waals surface area contributed by atoms with E-state index in [1.54, 1.807) is 0 Å². The smallest absolute Gasteiger partial charge is 0.251 e. The second kappa shape index (κ2) is 6.29. The number of halogens is 1. The van der Waals surface area contributed by atoms with Gasteiger partial charge >= 0.3 is 0 Å². The van der Waals surface area contributed by atoms with Crippen LogP contribution in [0.2, 0.25) is 0 Å². The lowest BCUT2D eigenvalue weighted by molar-refractivity contribution is 0.0928. The van der Waals surface area contributed by atoms with Crippen LogP contribution in [-0.4, -0.2) is 31.4 Å². The summed E-state index contributed by atoms with van der Waals surface area (Å²) < 4.78 is 0. The highest BCUT2D eigenvalue weighted by Crippen LogP contribution is 2.23. The van der Waals surface area contributed by atoms with Gasteiger partial charge in [-0.05, 0) is 43.9 Å². The minimum Gasteiger partial charge on any atom is -0.378 e. The fourth-order valence-corrected chi connectivity index (χ4v) is 2.64. The molecule has 1 fully saturated rings. The van der Waals surface area contributed by atoms with Gasteiger partial charge in [-0.25, -0.2) is 0 Å². The lowest BCUT2D eigenvalue weighted by Gasteiger charge is -2.26.